The van der Waals surface area contributed by atoms with Crippen LogP contribution in [0.15, 0.2) is 59.8 Å². The first kappa shape index (κ1) is 26.7. The van der Waals surface area contributed by atoms with E-state index in [2.05, 4.69) is 75.0 Å². The molecule has 0 amide bonds. The van der Waals surface area contributed by atoms with Gasteiger partial charge in [0, 0.05) is 0 Å². The number of carbonyl (C=O) groups is 1. The van der Waals surface area contributed by atoms with Gasteiger partial charge in [-0.25, -0.2) is 0 Å². The van der Waals surface area contributed by atoms with E-state index < -0.39 is 5.92 Å². The number of hydrogen-bond acceptors (Lipinski definition) is 2. The lowest BCUT2D eigenvalue weighted by Crippen LogP contribution is -2.18. The smallest absolute Gasteiger partial charge is 0.318 e. The molecule has 1 unspecified atom stereocenters. The zero-order valence-corrected chi connectivity index (χ0v) is 21.2. The number of aryl methyl sites for hydroxylation is 2. The van der Waals surface area contributed by atoms with Crippen LogP contribution in [0.5, 0.6) is 0 Å². The third kappa shape index (κ3) is 9.06. The summed E-state index contributed by atoms with van der Waals surface area (Å²) in [5.41, 5.74) is 9.32. The zero-order valence-electron chi connectivity index (χ0n) is 21.2. The lowest BCUT2D eigenvalue weighted by Gasteiger charge is -2.19. The number of rotatable bonds is 14. The van der Waals surface area contributed by atoms with Crippen LogP contribution in [-0.2, 0) is 22.4 Å². The lowest BCUT2D eigenvalue weighted by atomic mass is 9.87. The number of ether oxygens (including phenoxy) is 1. The molecule has 0 radical (unpaired) electrons. The van der Waals surface area contributed by atoms with E-state index in [9.17, 15) is 4.79 Å². The highest BCUT2D eigenvalue weighted by Gasteiger charge is 2.26. The average Bonchev–Trinajstić information content (AvgIpc) is 2.84. The fraction of sp³-hybridized carbons (Fsp3) is 0.484. The molecular formula is C31H42O2. The predicted molar refractivity (Wildman–Crippen MR) is 140 cm³/mol. The van der Waals surface area contributed by atoms with Gasteiger partial charge in [0.2, 0.25) is 0 Å². The minimum Gasteiger partial charge on any atom is -0.465 e. The van der Waals surface area contributed by atoms with Gasteiger partial charge < -0.3 is 4.74 Å². The Kier molecular flexibility index (Phi) is 12.4. The van der Waals surface area contributed by atoms with Gasteiger partial charge >= 0.3 is 5.97 Å². The molecule has 0 saturated heterocycles. The van der Waals surface area contributed by atoms with Crippen LogP contribution in [0.2, 0.25) is 0 Å². The third-order valence-corrected chi connectivity index (χ3v) is 6.03. The molecule has 0 saturated carbocycles. The Labute approximate surface area is 201 Å². The van der Waals surface area contributed by atoms with Crippen LogP contribution in [0.25, 0.3) is 6.08 Å². The minimum absolute atomic E-state index is 0.180. The van der Waals surface area contributed by atoms with Gasteiger partial charge in [-0.05, 0) is 79.4 Å². The summed E-state index contributed by atoms with van der Waals surface area (Å²) in [7, 11) is 0. The molecule has 1 atom stereocenters. The normalized spacial score (nSPS) is 11.5. The fourth-order valence-corrected chi connectivity index (χ4v) is 3.97. The van der Waals surface area contributed by atoms with E-state index in [1.54, 1.807) is 0 Å². The van der Waals surface area contributed by atoms with Crippen molar-refractivity contribution >= 4 is 12.0 Å². The first-order chi connectivity index (χ1) is 16.1. The van der Waals surface area contributed by atoms with E-state index in [4.69, 9.17) is 4.74 Å². The molecule has 178 valence electrons. The molecule has 2 heteroatoms. The van der Waals surface area contributed by atoms with Gasteiger partial charge in [-0.3, -0.25) is 4.79 Å². The first-order valence-corrected chi connectivity index (χ1v) is 12.9. The Bertz CT molecular complexity index is 884. The van der Waals surface area contributed by atoms with Crippen LogP contribution in [0.4, 0.5) is 0 Å². The van der Waals surface area contributed by atoms with Gasteiger partial charge in [0.05, 0.1) is 6.61 Å². The highest BCUT2D eigenvalue weighted by atomic mass is 16.5. The molecular weight excluding hydrogens is 404 g/mol. The number of hydrogen-bond donors (Lipinski definition) is 0. The van der Waals surface area contributed by atoms with E-state index in [-0.39, 0.29) is 5.97 Å². The van der Waals surface area contributed by atoms with E-state index >= 15 is 0 Å². The van der Waals surface area contributed by atoms with Crippen molar-refractivity contribution in [1.82, 2.24) is 0 Å². The lowest BCUT2D eigenvalue weighted by molar-refractivity contribution is -0.144. The van der Waals surface area contributed by atoms with Crippen molar-refractivity contribution in [2.45, 2.75) is 91.4 Å². The van der Waals surface area contributed by atoms with Gasteiger partial charge in [-0.15, -0.1) is 5.73 Å². The fourth-order valence-electron chi connectivity index (χ4n) is 3.97. The second-order valence-electron chi connectivity index (χ2n) is 8.79. The average molecular weight is 447 g/mol. The van der Waals surface area contributed by atoms with Crippen molar-refractivity contribution in [3.8, 4) is 0 Å². The maximum absolute atomic E-state index is 13.1. The molecule has 0 aromatic heterocycles. The number of esters is 1. The monoisotopic (exact) mass is 446 g/mol. The molecule has 2 nitrogen and oxygen atoms in total. The van der Waals surface area contributed by atoms with Crippen molar-refractivity contribution in [2.75, 3.05) is 6.61 Å². The second-order valence-corrected chi connectivity index (χ2v) is 8.79. The van der Waals surface area contributed by atoms with Crippen LogP contribution >= 0.6 is 0 Å². The molecule has 2 rings (SSSR count). The molecule has 0 spiro atoms. The van der Waals surface area contributed by atoms with E-state index in [0.717, 1.165) is 48.8 Å². The van der Waals surface area contributed by atoms with Crippen LogP contribution in [0.1, 0.15) is 101 Å². The topological polar surface area (TPSA) is 26.3 Å². The Balaban J connectivity index is 2.38. The van der Waals surface area contributed by atoms with Crippen LogP contribution < -0.4 is 0 Å². The Morgan fingerprint density at radius 1 is 0.818 bits per heavy atom. The molecule has 0 heterocycles. The van der Waals surface area contributed by atoms with Crippen LogP contribution in [0.3, 0.4) is 0 Å². The summed E-state index contributed by atoms with van der Waals surface area (Å²) < 4.78 is 5.51. The molecule has 0 aliphatic carbocycles. The van der Waals surface area contributed by atoms with E-state index in [1.165, 1.54) is 36.8 Å². The summed E-state index contributed by atoms with van der Waals surface area (Å²) in [6.45, 7) is 8.86. The van der Waals surface area contributed by atoms with Crippen molar-refractivity contribution in [1.29, 1.82) is 0 Å². The standard InChI is InChI=1S/C31H42O2/c1-5-9-12-25-15-17-27(18-16-25)21-22-28(14-11-7-3)30(31(32)33-8-4)29-23-19-26(20-24-29)13-10-6-2/h15-21,23-24,30H,5-14H2,1-4H3. The van der Waals surface area contributed by atoms with Crippen LogP contribution in [0, 0.1) is 0 Å². The Morgan fingerprint density at radius 3 is 1.88 bits per heavy atom. The number of unbranched alkanes of at least 4 members (excludes halogenated alkanes) is 3. The summed E-state index contributed by atoms with van der Waals surface area (Å²) in [6.07, 6.45) is 11.9. The van der Waals surface area contributed by atoms with Crippen molar-refractivity contribution in [3.63, 3.8) is 0 Å². The predicted octanol–water partition coefficient (Wildman–Crippen LogP) is 8.45. The Hall–Kier alpha value is -2.57. The first-order valence-electron chi connectivity index (χ1n) is 12.9. The molecule has 33 heavy (non-hydrogen) atoms. The summed E-state index contributed by atoms with van der Waals surface area (Å²) in [5, 5.41) is 0. The zero-order chi connectivity index (χ0) is 23.9. The Morgan fingerprint density at radius 2 is 1.36 bits per heavy atom. The molecule has 0 aliphatic rings. The van der Waals surface area contributed by atoms with Gasteiger partial charge in [0.1, 0.15) is 5.92 Å². The molecule has 0 fully saturated rings. The van der Waals surface area contributed by atoms with Gasteiger partial charge in [-0.1, -0.05) is 88.6 Å². The molecule has 2 aromatic carbocycles. The summed E-state index contributed by atoms with van der Waals surface area (Å²) >= 11 is 0. The molecule has 0 bridgehead atoms. The van der Waals surface area contributed by atoms with Gasteiger partial charge in [0.15, 0.2) is 0 Å². The molecule has 0 N–H and O–H groups in total. The SMILES string of the molecule is CCCCC(=C=Cc1ccc(CCCC)cc1)C(C(=O)OCC)c1ccc(CCCC)cc1. The van der Waals surface area contributed by atoms with Crippen LogP contribution in [-0.4, -0.2) is 12.6 Å². The van der Waals surface area contributed by atoms with Crippen molar-refractivity contribution in [3.05, 3.63) is 82.1 Å². The van der Waals surface area contributed by atoms with E-state index in [0.29, 0.717) is 6.61 Å². The molecule has 0 aliphatic heterocycles. The van der Waals surface area contributed by atoms with Crippen molar-refractivity contribution in [2.24, 2.45) is 0 Å². The van der Waals surface area contributed by atoms with Crippen molar-refractivity contribution < 1.29 is 9.53 Å². The highest BCUT2D eigenvalue weighted by molar-refractivity contribution is 5.82. The van der Waals surface area contributed by atoms with E-state index in [1.807, 2.05) is 13.0 Å². The maximum atomic E-state index is 13.1. The minimum atomic E-state index is -0.406. The second kappa shape index (κ2) is 15.3. The summed E-state index contributed by atoms with van der Waals surface area (Å²) in [6, 6.07) is 17.2. The summed E-state index contributed by atoms with van der Waals surface area (Å²) in [5.74, 6) is -0.586. The molecule has 2 aromatic rings. The van der Waals surface area contributed by atoms with Gasteiger partial charge in [-0.2, -0.15) is 0 Å². The largest absolute Gasteiger partial charge is 0.465 e. The third-order valence-electron chi connectivity index (χ3n) is 6.03. The number of carbonyl (C=O) groups excluding carboxylic acids is 1. The number of benzene rings is 2. The van der Waals surface area contributed by atoms with Gasteiger partial charge in [0.25, 0.3) is 0 Å². The quantitative estimate of drug-likeness (QED) is 0.215. The highest BCUT2D eigenvalue weighted by Crippen LogP contribution is 2.30. The summed E-state index contributed by atoms with van der Waals surface area (Å²) in [4.78, 5) is 13.1. The maximum Gasteiger partial charge on any atom is 0.318 e.